The van der Waals surface area contributed by atoms with Gasteiger partial charge >= 0.3 is 0 Å². The van der Waals surface area contributed by atoms with Gasteiger partial charge in [0.1, 0.15) is 5.82 Å². The minimum atomic E-state index is -3.73. The maximum Gasteiger partial charge on any atom is 0.243 e. The fourth-order valence-electron chi connectivity index (χ4n) is 1.80. The summed E-state index contributed by atoms with van der Waals surface area (Å²) in [6.07, 6.45) is 2.71. The van der Waals surface area contributed by atoms with Crippen molar-refractivity contribution >= 4 is 21.8 Å². The van der Waals surface area contributed by atoms with Crippen LogP contribution in [0, 0.1) is 5.82 Å². The Hall–Kier alpha value is -0.630. The van der Waals surface area contributed by atoms with E-state index < -0.39 is 15.8 Å². The molecule has 1 rings (SSSR count). The van der Waals surface area contributed by atoms with Gasteiger partial charge in [-0.2, -0.15) is 16.1 Å². The highest BCUT2D eigenvalue weighted by atomic mass is 32.2. The lowest BCUT2D eigenvalue weighted by atomic mass is 10.2. The third-order valence-electron chi connectivity index (χ3n) is 3.27. The average Bonchev–Trinajstić information content (AvgIpc) is 2.43. The van der Waals surface area contributed by atoms with Crippen molar-refractivity contribution in [1.82, 2.24) is 4.31 Å². The topological polar surface area (TPSA) is 63.4 Å². The Morgan fingerprint density at radius 1 is 1.45 bits per heavy atom. The lowest BCUT2D eigenvalue weighted by Gasteiger charge is -2.25. The standard InChI is InChI=1S/C13H21FN2O2S2/c1-10(6-7-19-3)16(2)20(17,18)13-8-12(14)5-4-11(13)9-15/h4-5,8,10H,6-7,9,15H2,1-3H3. The number of rotatable bonds is 7. The molecule has 0 spiro atoms. The molecule has 0 heterocycles. The lowest BCUT2D eigenvalue weighted by Crippen LogP contribution is -2.36. The van der Waals surface area contributed by atoms with Gasteiger partial charge in [0.15, 0.2) is 0 Å². The number of hydrogen-bond donors (Lipinski definition) is 1. The van der Waals surface area contributed by atoms with E-state index >= 15 is 0 Å². The van der Waals surface area contributed by atoms with Crippen LogP contribution in [0.5, 0.6) is 0 Å². The van der Waals surface area contributed by atoms with Crippen LogP contribution in [0.4, 0.5) is 4.39 Å². The predicted octanol–water partition coefficient (Wildman–Crippen LogP) is 2.05. The van der Waals surface area contributed by atoms with Gasteiger partial charge < -0.3 is 5.73 Å². The van der Waals surface area contributed by atoms with Crippen molar-refractivity contribution in [3.63, 3.8) is 0 Å². The van der Waals surface area contributed by atoms with E-state index in [-0.39, 0.29) is 17.5 Å². The van der Waals surface area contributed by atoms with Gasteiger partial charge in [0, 0.05) is 19.6 Å². The first-order valence-corrected chi connectivity index (χ1v) is 9.13. The second-order valence-electron chi connectivity index (χ2n) is 4.61. The number of thioether (sulfide) groups is 1. The molecule has 4 nitrogen and oxygen atoms in total. The highest BCUT2D eigenvalue weighted by molar-refractivity contribution is 7.98. The van der Waals surface area contributed by atoms with Crippen molar-refractivity contribution in [1.29, 1.82) is 0 Å². The van der Waals surface area contributed by atoms with Crippen molar-refractivity contribution in [3.8, 4) is 0 Å². The minimum Gasteiger partial charge on any atom is -0.326 e. The van der Waals surface area contributed by atoms with Gasteiger partial charge in [-0.25, -0.2) is 12.8 Å². The molecule has 0 amide bonds. The van der Waals surface area contributed by atoms with Crippen LogP contribution < -0.4 is 5.73 Å². The van der Waals surface area contributed by atoms with Crippen LogP contribution >= 0.6 is 11.8 Å². The zero-order chi connectivity index (χ0) is 15.3. The summed E-state index contributed by atoms with van der Waals surface area (Å²) >= 11 is 1.66. The van der Waals surface area contributed by atoms with Gasteiger partial charge in [0.2, 0.25) is 10.0 Å². The zero-order valence-corrected chi connectivity index (χ0v) is 13.6. The molecule has 0 bridgehead atoms. The Morgan fingerprint density at radius 2 is 2.10 bits per heavy atom. The molecule has 1 unspecified atom stereocenters. The maximum atomic E-state index is 13.4. The molecular formula is C13H21FN2O2S2. The van der Waals surface area contributed by atoms with E-state index in [0.29, 0.717) is 5.56 Å². The van der Waals surface area contributed by atoms with Gasteiger partial charge in [0.05, 0.1) is 4.90 Å². The Balaban J connectivity index is 3.12. The van der Waals surface area contributed by atoms with Crippen LogP contribution in [0.25, 0.3) is 0 Å². The molecule has 0 aliphatic carbocycles. The fraction of sp³-hybridized carbons (Fsp3) is 0.538. The first kappa shape index (κ1) is 17.4. The van der Waals surface area contributed by atoms with Gasteiger partial charge in [-0.05, 0) is 43.0 Å². The minimum absolute atomic E-state index is 0.0431. The molecule has 114 valence electrons. The average molecular weight is 320 g/mol. The van der Waals surface area contributed by atoms with E-state index in [1.165, 1.54) is 23.5 Å². The second kappa shape index (κ2) is 7.40. The molecule has 0 fully saturated rings. The van der Waals surface area contributed by atoms with E-state index in [2.05, 4.69) is 0 Å². The summed E-state index contributed by atoms with van der Waals surface area (Å²) in [5, 5.41) is 0. The Morgan fingerprint density at radius 3 is 2.65 bits per heavy atom. The Bertz CT molecular complexity index is 549. The van der Waals surface area contributed by atoms with E-state index in [0.717, 1.165) is 18.2 Å². The zero-order valence-electron chi connectivity index (χ0n) is 12.0. The normalized spacial score (nSPS) is 13.7. The maximum absolute atomic E-state index is 13.4. The summed E-state index contributed by atoms with van der Waals surface area (Å²) in [6, 6.07) is 3.53. The highest BCUT2D eigenvalue weighted by Crippen LogP contribution is 2.23. The third kappa shape index (κ3) is 3.94. The number of nitrogens with zero attached hydrogens (tertiary/aromatic N) is 1. The molecule has 0 aromatic heterocycles. The molecular weight excluding hydrogens is 299 g/mol. The molecule has 2 N–H and O–H groups in total. The molecule has 1 aromatic carbocycles. The fourth-order valence-corrected chi connectivity index (χ4v) is 4.01. The van der Waals surface area contributed by atoms with E-state index in [1.54, 1.807) is 11.8 Å². The predicted molar refractivity (Wildman–Crippen MR) is 81.7 cm³/mol. The van der Waals surface area contributed by atoms with Crippen molar-refractivity contribution < 1.29 is 12.8 Å². The number of halogens is 1. The summed E-state index contributed by atoms with van der Waals surface area (Å²) in [5.74, 6) is 0.291. The summed E-state index contributed by atoms with van der Waals surface area (Å²) in [5.41, 5.74) is 5.97. The quantitative estimate of drug-likeness (QED) is 0.835. The number of nitrogens with two attached hydrogens (primary N) is 1. The van der Waals surface area contributed by atoms with E-state index in [4.69, 9.17) is 5.73 Å². The largest absolute Gasteiger partial charge is 0.326 e. The third-order valence-corrected chi connectivity index (χ3v) is 5.96. The summed E-state index contributed by atoms with van der Waals surface area (Å²) in [4.78, 5) is -0.0431. The molecule has 0 aliphatic rings. The van der Waals surface area contributed by atoms with Gasteiger partial charge in [-0.15, -0.1) is 0 Å². The van der Waals surface area contributed by atoms with Crippen LogP contribution in [-0.4, -0.2) is 37.8 Å². The second-order valence-corrected chi connectivity index (χ2v) is 7.56. The van der Waals surface area contributed by atoms with Crippen molar-refractivity contribution in [2.45, 2.75) is 30.8 Å². The number of sulfonamides is 1. The molecule has 20 heavy (non-hydrogen) atoms. The molecule has 1 atom stereocenters. The van der Waals surface area contributed by atoms with Gasteiger partial charge in [0.25, 0.3) is 0 Å². The van der Waals surface area contributed by atoms with Crippen LogP contribution in [-0.2, 0) is 16.6 Å². The smallest absolute Gasteiger partial charge is 0.243 e. The first-order chi connectivity index (χ1) is 9.34. The van der Waals surface area contributed by atoms with Gasteiger partial charge in [-0.1, -0.05) is 6.07 Å². The SMILES string of the molecule is CSCCC(C)N(C)S(=O)(=O)c1cc(F)ccc1CN. The van der Waals surface area contributed by atoms with E-state index in [1.807, 2.05) is 13.2 Å². The van der Waals surface area contributed by atoms with Crippen LogP contribution in [0.15, 0.2) is 23.1 Å². The van der Waals surface area contributed by atoms with Crippen molar-refractivity contribution in [2.24, 2.45) is 5.73 Å². The monoisotopic (exact) mass is 320 g/mol. The van der Waals surface area contributed by atoms with Crippen molar-refractivity contribution in [2.75, 3.05) is 19.1 Å². The Kier molecular flexibility index (Phi) is 6.44. The van der Waals surface area contributed by atoms with Gasteiger partial charge in [-0.3, -0.25) is 0 Å². The molecule has 0 radical (unpaired) electrons. The summed E-state index contributed by atoms with van der Waals surface area (Å²) < 4.78 is 39.8. The van der Waals surface area contributed by atoms with Crippen LogP contribution in [0.1, 0.15) is 18.9 Å². The van der Waals surface area contributed by atoms with E-state index in [9.17, 15) is 12.8 Å². The molecule has 0 aliphatic heterocycles. The highest BCUT2D eigenvalue weighted by Gasteiger charge is 2.27. The molecule has 1 aromatic rings. The Labute approximate surface area is 124 Å². The number of benzene rings is 1. The van der Waals surface area contributed by atoms with Crippen LogP contribution in [0.2, 0.25) is 0 Å². The van der Waals surface area contributed by atoms with Crippen LogP contribution in [0.3, 0.4) is 0 Å². The molecule has 7 heteroatoms. The first-order valence-electron chi connectivity index (χ1n) is 6.30. The number of hydrogen-bond acceptors (Lipinski definition) is 4. The molecule has 0 saturated heterocycles. The summed E-state index contributed by atoms with van der Waals surface area (Å²) in [6.45, 7) is 1.90. The lowest BCUT2D eigenvalue weighted by molar-refractivity contribution is 0.382. The van der Waals surface area contributed by atoms with Crippen molar-refractivity contribution in [3.05, 3.63) is 29.6 Å². The molecule has 0 saturated carbocycles. The summed E-state index contributed by atoms with van der Waals surface area (Å²) in [7, 11) is -2.21.